The van der Waals surface area contributed by atoms with Crippen LogP contribution < -0.4 is 10.6 Å². The van der Waals surface area contributed by atoms with E-state index in [9.17, 15) is 0 Å². The average molecular weight is 285 g/mol. The van der Waals surface area contributed by atoms with Gasteiger partial charge in [-0.2, -0.15) is 10.1 Å². The monoisotopic (exact) mass is 285 g/mol. The average Bonchev–Trinajstić information content (AvgIpc) is 2.44. The van der Waals surface area contributed by atoms with Crippen LogP contribution in [0.25, 0.3) is 0 Å². The van der Waals surface area contributed by atoms with E-state index < -0.39 is 0 Å². The predicted octanol–water partition coefficient (Wildman–Crippen LogP) is 3.69. The summed E-state index contributed by atoms with van der Waals surface area (Å²) in [4.78, 5) is 4.44. The van der Waals surface area contributed by atoms with Crippen molar-refractivity contribution in [3.05, 3.63) is 35.5 Å². The van der Waals surface area contributed by atoms with Crippen LogP contribution in [0.5, 0.6) is 0 Å². The van der Waals surface area contributed by atoms with Gasteiger partial charge in [-0.3, -0.25) is 0 Å². The molecule has 112 valence electrons. The fourth-order valence-electron chi connectivity index (χ4n) is 1.94. The van der Waals surface area contributed by atoms with Crippen LogP contribution in [0.1, 0.15) is 31.4 Å². The SMILES string of the molecule is Cc1cccc(Nc2cnnc(NCCC(C)C)n2)c1C. The molecule has 0 amide bonds. The molecule has 2 aromatic rings. The van der Waals surface area contributed by atoms with Crippen LogP contribution in [-0.2, 0) is 0 Å². The van der Waals surface area contributed by atoms with Crippen molar-refractivity contribution in [3.8, 4) is 0 Å². The first-order valence-corrected chi connectivity index (χ1v) is 7.33. The van der Waals surface area contributed by atoms with E-state index in [1.165, 1.54) is 11.1 Å². The lowest BCUT2D eigenvalue weighted by Gasteiger charge is -2.11. The van der Waals surface area contributed by atoms with E-state index in [0.717, 1.165) is 18.7 Å². The molecule has 5 nitrogen and oxygen atoms in total. The normalized spacial score (nSPS) is 10.7. The van der Waals surface area contributed by atoms with Crippen molar-refractivity contribution in [1.82, 2.24) is 15.2 Å². The van der Waals surface area contributed by atoms with Gasteiger partial charge in [0, 0.05) is 12.2 Å². The summed E-state index contributed by atoms with van der Waals surface area (Å²) in [6.07, 6.45) is 2.72. The minimum Gasteiger partial charge on any atom is -0.353 e. The summed E-state index contributed by atoms with van der Waals surface area (Å²) in [7, 11) is 0. The fourth-order valence-corrected chi connectivity index (χ4v) is 1.94. The van der Waals surface area contributed by atoms with E-state index in [1.54, 1.807) is 6.20 Å². The van der Waals surface area contributed by atoms with Crippen molar-refractivity contribution in [3.63, 3.8) is 0 Å². The lowest BCUT2D eigenvalue weighted by molar-refractivity contribution is 0.605. The van der Waals surface area contributed by atoms with Crippen molar-refractivity contribution in [2.24, 2.45) is 5.92 Å². The Morgan fingerprint density at radius 2 is 2.00 bits per heavy atom. The Morgan fingerprint density at radius 3 is 2.76 bits per heavy atom. The first-order valence-electron chi connectivity index (χ1n) is 7.33. The minimum atomic E-state index is 0.561. The maximum Gasteiger partial charge on any atom is 0.244 e. The van der Waals surface area contributed by atoms with Crippen LogP contribution in [0, 0.1) is 19.8 Å². The second-order valence-electron chi connectivity index (χ2n) is 5.65. The van der Waals surface area contributed by atoms with Crippen molar-refractivity contribution >= 4 is 17.5 Å². The van der Waals surface area contributed by atoms with Crippen LogP contribution >= 0.6 is 0 Å². The van der Waals surface area contributed by atoms with Crippen molar-refractivity contribution in [1.29, 1.82) is 0 Å². The molecule has 0 aliphatic heterocycles. The van der Waals surface area contributed by atoms with Crippen LogP contribution in [0.4, 0.5) is 17.5 Å². The molecular formula is C16H23N5. The van der Waals surface area contributed by atoms with Gasteiger partial charge < -0.3 is 10.6 Å². The zero-order chi connectivity index (χ0) is 15.2. The Kier molecular flexibility index (Phi) is 5.09. The second-order valence-corrected chi connectivity index (χ2v) is 5.65. The molecule has 0 fully saturated rings. The molecule has 1 heterocycles. The van der Waals surface area contributed by atoms with E-state index in [1.807, 2.05) is 12.1 Å². The zero-order valence-electron chi connectivity index (χ0n) is 13.1. The Hall–Kier alpha value is -2.17. The Balaban J connectivity index is 2.05. The molecule has 0 aliphatic carbocycles. The highest BCUT2D eigenvalue weighted by atomic mass is 15.3. The highest BCUT2D eigenvalue weighted by Crippen LogP contribution is 2.21. The van der Waals surface area contributed by atoms with Gasteiger partial charge in [0.15, 0.2) is 5.82 Å². The maximum absolute atomic E-state index is 4.44. The van der Waals surface area contributed by atoms with Crippen LogP contribution in [0.15, 0.2) is 24.4 Å². The summed E-state index contributed by atoms with van der Waals surface area (Å²) in [6.45, 7) is 9.43. The highest BCUT2D eigenvalue weighted by molar-refractivity contribution is 5.61. The molecular weight excluding hydrogens is 262 g/mol. The first kappa shape index (κ1) is 15.2. The van der Waals surface area contributed by atoms with Crippen LogP contribution in [-0.4, -0.2) is 21.7 Å². The summed E-state index contributed by atoms with van der Waals surface area (Å²) >= 11 is 0. The molecule has 0 radical (unpaired) electrons. The van der Waals surface area contributed by atoms with Gasteiger partial charge in [-0.25, -0.2) is 0 Å². The largest absolute Gasteiger partial charge is 0.353 e. The van der Waals surface area contributed by atoms with Crippen LogP contribution in [0.3, 0.4) is 0 Å². The van der Waals surface area contributed by atoms with Gasteiger partial charge in [0.05, 0.1) is 6.20 Å². The number of benzene rings is 1. The lowest BCUT2D eigenvalue weighted by Crippen LogP contribution is -2.09. The Morgan fingerprint density at radius 1 is 1.19 bits per heavy atom. The predicted molar refractivity (Wildman–Crippen MR) is 87.0 cm³/mol. The van der Waals surface area contributed by atoms with E-state index >= 15 is 0 Å². The van der Waals surface area contributed by atoms with Gasteiger partial charge in [0.1, 0.15) is 0 Å². The molecule has 1 aromatic carbocycles. The van der Waals surface area contributed by atoms with Gasteiger partial charge in [0.2, 0.25) is 5.95 Å². The molecule has 2 N–H and O–H groups in total. The van der Waals surface area contributed by atoms with E-state index in [4.69, 9.17) is 0 Å². The Labute approximate surface area is 126 Å². The third-order valence-corrected chi connectivity index (χ3v) is 3.43. The summed E-state index contributed by atoms with van der Waals surface area (Å²) < 4.78 is 0. The lowest BCUT2D eigenvalue weighted by atomic mass is 10.1. The number of hydrogen-bond donors (Lipinski definition) is 2. The topological polar surface area (TPSA) is 62.7 Å². The smallest absolute Gasteiger partial charge is 0.244 e. The molecule has 0 bridgehead atoms. The maximum atomic E-state index is 4.44. The number of anilines is 3. The number of rotatable bonds is 6. The number of aromatic nitrogens is 3. The molecule has 5 heteroatoms. The van der Waals surface area contributed by atoms with Crippen LogP contribution in [0.2, 0.25) is 0 Å². The summed E-state index contributed by atoms with van der Waals surface area (Å²) in [5, 5.41) is 14.5. The third-order valence-electron chi connectivity index (χ3n) is 3.43. The van der Waals surface area contributed by atoms with Crippen molar-refractivity contribution < 1.29 is 0 Å². The van der Waals surface area contributed by atoms with Crippen molar-refractivity contribution in [2.45, 2.75) is 34.1 Å². The van der Waals surface area contributed by atoms with Gasteiger partial charge in [-0.15, -0.1) is 5.10 Å². The fraction of sp³-hybridized carbons (Fsp3) is 0.438. The minimum absolute atomic E-state index is 0.561. The number of nitrogens with one attached hydrogen (secondary N) is 2. The summed E-state index contributed by atoms with van der Waals surface area (Å²) in [5.74, 6) is 1.92. The summed E-state index contributed by atoms with van der Waals surface area (Å²) in [6, 6.07) is 6.16. The number of hydrogen-bond acceptors (Lipinski definition) is 5. The highest BCUT2D eigenvalue weighted by Gasteiger charge is 2.04. The van der Waals surface area contributed by atoms with Gasteiger partial charge in [0.25, 0.3) is 0 Å². The molecule has 0 spiro atoms. The summed E-state index contributed by atoms with van der Waals surface area (Å²) in [5.41, 5.74) is 3.51. The number of aryl methyl sites for hydroxylation is 1. The molecule has 0 saturated heterocycles. The molecule has 0 atom stereocenters. The van der Waals surface area contributed by atoms with Gasteiger partial charge in [-0.1, -0.05) is 26.0 Å². The molecule has 2 rings (SSSR count). The van der Waals surface area contributed by atoms with E-state index in [2.05, 4.69) is 59.6 Å². The van der Waals surface area contributed by atoms with Gasteiger partial charge >= 0.3 is 0 Å². The van der Waals surface area contributed by atoms with Gasteiger partial charge in [-0.05, 0) is 43.4 Å². The molecule has 21 heavy (non-hydrogen) atoms. The van der Waals surface area contributed by atoms with Crippen molar-refractivity contribution in [2.75, 3.05) is 17.2 Å². The molecule has 0 aliphatic rings. The third kappa shape index (κ3) is 4.41. The zero-order valence-corrected chi connectivity index (χ0v) is 13.1. The quantitative estimate of drug-likeness (QED) is 0.847. The van der Waals surface area contributed by atoms with E-state index in [-0.39, 0.29) is 0 Å². The Bertz CT molecular complexity index is 595. The molecule has 0 saturated carbocycles. The molecule has 1 aromatic heterocycles. The molecule has 0 unspecified atom stereocenters. The second kappa shape index (κ2) is 7.02. The number of nitrogens with zero attached hydrogens (tertiary/aromatic N) is 3. The standard InChI is InChI=1S/C16H23N5/c1-11(2)8-9-17-16-20-15(10-18-21-16)19-14-7-5-6-12(3)13(14)4/h5-7,10-11H,8-9H2,1-4H3,(H2,17,19,20,21). The van der Waals surface area contributed by atoms with E-state index in [0.29, 0.717) is 17.7 Å². The first-order chi connectivity index (χ1) is 10.1.